The van der Waals surface area contributed by atoms with Gasteiger partial charge in [-0.3, -0.25) is 4.57 Å². The number of anilines is 1. The lowest BCUT2D eigenvalue weighted by Gasteiger charge is -1.99. The van der Waals surface area contributed by atoms with Gasteiger partial charge in [0.15, 0.2) is 0 Å². The standard InChI is InChI=1S/C7H10N2O2.ClH/c1-2-11-7(10)9-4-3-6(8)5-9;/h3-5H,2,8H2,1H3;1H. The van der Waals surface area contributed by atoms with E-state index in [2.05, 4.69) is 0 Å². The first-order chi connectivity index (χ1) is 5.24. The zero-order valence-electron chi connectivity index (χ0n) is 6.69. The normalized spacial score (nSPS) is 8.75. The van der Waals surface area contributed by atoms with Gasteiger partial charge in [0.05, 0.1) is 6.61 Å². The molecule has 5 heteroatoms. The Bertz CT molecular complexity index is 260. The van der Waals surface area contributed by atoms with Crippen LogP contribution in [0.5, 0.6) is 0 Å². The molecule has 0 unspecified atom stereocenters. The Hall–Kier alpha value is -1.16. The summed E-state index contributed by atoms with van der Waals surface area (Å²) in [7, 11) is 0. The molecule has 0 saturated heterocycles. The molecule has 4 nitrogen and oxygen atoms in total. The van der Waals surface area contributed by atoms with E-state index in [1.807, 2.05) is 0 Å². The molecule has 1 aromatic rings. The molecule has 1 aromatic heterocycles. The molecule has 0 spiro atoms. The molecule has 0 aliphatic rings. The third kappa shape index (κ3) is 2.47. The minimum atomic E-state index is -0.399. The van der Waals surface area contributed by atoms with Gasteiger partial charge >= 0.3 is 6.09 Å². The second kappa shape index (κ2) is 4.66. The molecular formula is C7H11ClN2O2. The summed E-state index contributed by atoms with van der Waals surface area (Å²) in [4.78, 5) is 10.9. The lowest BCUT2D eigenvalue weighted by atomic mass is 10.6. The fourth-order valence-corrected chi connectivity index (χ4v) is 0.725. The van der Waals surface area contributed by atoms with Crippen molar-refractivity contribution in [2.75, 3.05) is 12.3 Å². The maximum absolute atomic E-state index is 10.9. The summed E-state index contributed by atoms with van der Waals surface area (Å²) < 4.78 is 6.01. The van der Waals surface area contributed by atoms with Gasteiger partial charge in [0.25, 0.3) is 0 Å². The molecule has 0 aromatic carbocycles. The number of hydrogen-bond acceptors (Lipinski definition) is 3. The van der Waals surface area contributed by atoms with Crippen molar-refractivity contribution < 1.29 is 9.53 Å². The molecule has 1 heterocycles. The molecule has 12 heavy (non-hydrogen) atoms. The highest BCUT2D eigenvalue weighted by atomic mass is 35.5. The van der Waals surface area contributed by atoms with E-state index in [-0.39, 0.29) is 12.4 Å². The molecule has 0 radical (unpaired) electrons. The van der Waals surface area contributed by atoms with Gasteiger partial charge in [0, 0.05) is 18.1 Å². The number of nitrogen functional groups attached to an aromatic ring is 1. The van der Waals surface area contributed by atoms with E-state index >= 15 is 0 Å². The van der Waals surface area contributed by atoms with Gasteiger partial charge < -0.3 is 10.5 Å². The van der Waals surface area contributed by atoms with Crippen LogP contribution in [-0.2, 0) is 4.74 Å². The van der Waals surface area contributed by atoms with Crippen LogP contribution in [0.2, 0.25) is 0 Å². The molecule has 0 fully saturated rings. The summed E-state index contributed by atoms with van der Waals surface area (Å²) >= 11 is 0. The highest BCUT2D eigenvalue weighted by molar-refractivity contribution is 5.85. The van der Waals surface area contributed by atoms with Gasteiger partial charge in [-0.1, -0.05) is 0 Å². The van der Waals surface area contributed by atoms with Crippen molar-refractivity contribution in [2.45, 2.75) is 6.92 Å². The molecule has 0 amide bonds. The lowest BCUT2D eigenvalue weighted by Crippen LogP contribution is -2.10. The van der Waals surface area contributed by atoms with Gasteiger partial charge in [-0.2, -0.15) is 0 Å². The van der Waals surface area contributed by atoms with Crippen molar-refractivity contribution >= 4 is 24.2 Å². The van der Waals surface area contributed by atoms with Crippen molar-refractivity contribution in [3.05, 3.63) is 18.5 Å². The third-order valence-corrected chi connectivity index (χ3v) is 1.19. The van der Waals surface area contributed by atoms with E-state index in [4.69, 9.17) is 10.5 Å². The second-order valence-electron chi connectivity index (χ2n) is 2.05. The fraction of sp³-hybridized carbons (Fsp3) is 0.286. The quantitative estimate of drug-likeness (QED) is 0.730. The Labute approximate surface area is 76.7 Å². The van der Waals surface area contributed by atoms with Gasteiger partial charge in [0.2, 0.25) is 0 Å². The van der Waals surface area contributed by atoms with Crippen LogP contribution in [0, 0.1) is 0 Å². The largest absolute Gasteiger partial charge is 0.449 e. The number of nitrogens with two attached hydrogens (primary N) is 1. The second-order valence-corrected chi connectivity index (χ2v) is 2.05. The van der Waals surface area contributed by atoms with Gasteiger partial charge in [-0.05, 0) is 13.0 Å². The predicted molar refractivity (Wildman–Crippen MR) is 48.5 cm³/mol. The highest BCUT2D eigenvalue weighted by Crippen LogP contribution is 2.02. The minimum Gasteiger partial charge on any atom is -0.449 e. The number of nitrogens with zero attached hydrogens (tertiary/aromatic N) is 1. The number of hydrogen-bond donors (Lipinski definition) is 1. The van der Waals surface area contributed by atoms with Crippen LogP contribution in [0.25, 0.3) is 0 Å². The van der Waals surface area contributed by atoms with E-state index in [0.29, 0.717) is 12.3 Å². The molecule has 0 atom stereocenters. The molecule has 0 aliphatic carbocycles. The highest BCUT2D eigenvalue weighted by Gasteiger charge is 2.02. The minimum absolute atomic E-state index is 0. The SMILES string of the molecule is CCOC(=O)n1ccc(N)c1.Cl. The maximum atomic E-state index is 10.9. The Morgan fingerprint density at radius 2 is 2.42 bits per heavy atom. The van der Waals surface area contributed by atoms with E-state index in [9.17, 15) is 4.79 Å². The smallest absolute Gasteiger partial charge is 0.418 e. The van der Waals surface area contributed by atoms with E-state index in [1.54, 1.807) is 19.2 Å². The average Bonchev–Trinajstić information content (AvgIpc) is 2.36. The van der Waals surface area contributed by atoms with E-state index in [1.165, 1.54) is 10.8 Å². The molecule has 0 aliphatic heterocycles. The first-order valence-electron chi connectivity index (χ1n) is 3.34. The topological polar surface area (TPSA) is 57.2 Å². The summed E-state index contributed by atoms with van der Waals surface area (Å²) in [6.45, 7) is 2.13. The van der Waals surface area contributed by atoms with Crippen molar-refractivity contribution in [3.63, 3.8) is 0 Å². The summed E-state index contributed by atoms with van der Waals surface area (Å²) in [6, 6.07) is 1.64. The average molecular weight is 191 g/mol. The van der Waals surface area contributed by atoms with E-state index in [0.717, 1.165) is 0 Å². The van der Waals surface area contributed by atoms with Gasteiger partial charge in [-0.15, -0.1) is 12.4 Å². The van der Waals surface area contributed by atoms with Crippen LogP contribution < -0.4 is 5.73 Å². The van der Waals surface area contributed by atoms with Crippen molar-refractivity contribution in [1.82, 2.24) is 4.57 Å². The number of halogens is 1. The van der Waals surface area contributed by atoms with Crippen molar-refractivity contribution in [3.8, 4) is 0 Å². The summed E-state index contributed by atoms with van der Waals surface area (Å²) in [6.07, 6.45) is 2.68. The zero-order valence-corrected chi connectivity index (χ0v) is 7.50. The molecule has 68 valence electrons. The Morgan fingerprint density at radius 1 is 1.75 bits per heavy atom. The Kier molecular flexibility index (Phi) is 4.21. The Morgan fingerprint density at radius 3 is 2.83 bits per heavy atom. The monoisotopic (exact) mass is 190 g/mol. The van der Waals surface area contributed by atoms with Crippen LogP contribution in [0.3, 0.4) is 0 Å². The molecule has 2 N–H and O–H groups in total. The van der Waals surface area contributed by atoms with Gasteiger partial charge in [-0.25, -0.2) is 4.79 Å². The molecule has 0 saturated carbocycles. The van der Waals surface area contributed by atoms with Crippen LogP contribution in [-0.4, -0.2) is 17.3 Å². The maximum Gasteiger partial charge on any atom is 0.418 e. The summed E-state index contributed by atoms with van der Waals surface area (Å²) in [5, 5.41) is 0. The first kappa shape index (κ1) is 10.8. The first-order valence-corrected chi connectivity index (χ1v) is 3.34. The number of carbonyl (C=O) groups excluding carboxylic acids is 1. The number of carbonyl (C=O) groups is 1. The van der Waals surface area contributed by atoms with Crippen LogP contribution >= 0.6 is 12.4 Å². The Balaban J connectivity index is 0.00000121. The number of rotatable bonds is 1. The number of ether oxygens (including phenoxy) is 1. The third-order valence-electron chi connectivity index (χ3n) is 1.19. The predicted octanol–water partition coefficient (Wildman–Crippen LogP) is 1.50. The van der Waals surface area contributed by atoms with Crippen LogP contribution in [0.15, 0.2) is 18.5 Å². The molecule has 0 bridgehead atoms. The van der Waals surface area contributed by atoms with Crippen molar-refractivity contribution in [1.29, 1.82) is 0 Å². The summed E-state index contributed by atoms with van der Waals surface area (Å²) in [5.41, 5.74) is 5.94. The lowest BCUT2D eigenvalue weighted by molar-refractivity contribution is 0.154. The van der Waals surface area contributed by atoms with Crippen LogP contribution in [0.1, 0.15) is 6.92 Å². The van der Waals surface area contributed by atoms with Crippen molar-refractivity contribution in [2.24, 2.45) is 0 Å². The zero-order chi connectivity index (χ0) is 8.27. The molecular weight excluding hydrogens is 180 g/mol. The van der Waals surface area contributed by atoms with E-state index < -0.39 is 6.09 Å². The number of aromatic nitrogens is 1. The fourth-order valence-electron chi connectivity index (χ4n) is 0.725. The van der Waals surface area contributed by atoms with Crippen LogP contribution in [0.4, 0.5) is 10.5 Å². The molecule has 1 rings (SSSR count). The summed E-state index contributed by atoms with van der Waals surface area (Å²) in [5.74, 6) is 0. The van der Waals surface area contributed by atoms with Gasteiger partial charge in [0.1, 0.15) is 0 Å².